The first kappa shape index (κ1) is 16.4. The SMILES string of the molecule is COc1ccc(CN(C)C(=O)Cc2ccc(C)s2)cc1OC. The van der Waals surface area contributed by atoms with Crippen molar-refractivity contribution in [1.82, 2.24) is 4.90 Å². The Balaban J connectivity index is 2.01. The highest BCUT2D eigenvalue weighted by Gasteiger charge is 2.13. The lowest BCUT2D eigenvalue weighted by atomic mass is 10.2. The molecule has 1 amide bonds. The number of aryl methyl sites for hydroxylation is 1. The number of benzene rings is 1. The van der Waals surface area contributed by atoms with Crippen LogP contribution in [0.5, 0.6) is 11.5 Å². The van der Waals surface area contributed by atoms with Gasteiger partial charge in [0.2, 0.25) is 5.91 Å². The normalized spacial score (nSPS) is 10.4. The summed E-state index contributed by atoms with van der Waals surface area (Å²) in [5.74, 6) is 1.47. The number of carbonyl (C=O) groups excluding carboxylic acids is 1. The van der Waals surface area contributed by atoms with E-state index in [2.05, 4.69) is 0 Å². The number of hydrogen-bond donors (Lipinski definition) is 0. The molecule has 0 N–H and O–H groups in total. The molecule has 0 spiro atoms. The van der Waals surface area contributed by atoms with Crippen molar-refractivity contribution in [2.24, 2.45) is 0 Å². The van der Waals surface area contributed by atoms with E-state index in [0.717, 1.165) is 10.4 Å². The van der Waals surface area contributed by atoms with Crippen LogP contribution in [0.2, 0.25) is 0 Å². The molecule has 0 aliphatic rings. The molecule has 1 aromatic heterocycles. The van der Waals surface area contributed by atoms with E-state index in [0.29, 0.717) is 24.5 Å². The number of methoxy groups -OCH3 is 2. The van der Waals surface area contributed by atoms with Crippen LogP contribution in [0.1, 0.15) is 15.3 Å². The van der Waals surface area contributed by atoms with Crippen LogP contribution < -0.4 is 9.47 Å². The molecule has 0 unspecified atom stereocenters. The average Bonchev–Trinajstić information content (AvgIpc) is 2.92. The molecule has 0 radical (unpaired) electrons. The number of likely N-dealkylation sites (N-methyl/N-ethyl adjacent to an activating group) is 1. The lowest BCUT2D eigenvalue weighted by Crippen LogP contribution is -2.27. The molecule has 0 fully saturated rings. The first-order chi connectivity index (χ1) is 10.5. The van der Waals surface area contributed by atoms with E-state index in [1.165, 1.54) is 4.88 Å². The molecule has 1 aromatic carbocycles. The topological polar surface area (TPSA) is 38.8 Å². The summed E-state index contributed by atoms with van der Waals surface area (Å²) in [7, 11) is 5.03. The zero-order valence-electron chi connectivity index (χ0n) is 13.4. The molecule has 0 aliphatic heterocycles. The highest BCUT2D eigenvalue weighted by Crippen LogP contribution is 2.28. The maximum absolute atomic E-state index is 12.3. The van der Waals surface area contributed by atoms with Gasteiger partial charge in [-0.1, -0.05) is 6.07 Å². The number of thiophene rings is 1. The molecule has 2 rings (SSSR count). The molecular formula is C17H21NO3S. The Kier molecular flexibility index (Phi) is 5.44. The van der Waals surface area contributed by atoms with Crippen molar-refractivity contribution < 1.29 is 14.3 Å². The smallest absolute Gasteiger partial charge is 0.227 e. The fourth-order valence-corrected chi connectivity index (χ4v) is 3.09. The lowest BCUT2D eigenvalue weighted by Gasteiger charge is -2.18. The maximum Gasteiger partial charge on any atom is 0.227 e. The van der Waals surface area contributed by atoms with Gasteiger partial charge in [-0.3, -0.25) is 4.79 Å². The van der Waals surface area contributed by atoms with Crippen LogP contribution >= 0.6 is 11.3 Å². The lowest BCUT2D eigenvalue weighted by molar-refractivity contribution is -0.129. The van der Waals surface area contributed by atoms with Crippen molar-refractivity contribution >= 4 is 17.2 Å². The van der Waals surface area contributed by atoms with E-state index in [4.69, 9.17) is 9.47 Å². The van der Waals surface area contributed by atoms with Gasteiger partial charge in [0.15, 0.2) is 11.5 Å². The van der Waals surface area contributed by atoms with Gasteiger partial charge in [0.05, 0.1) is 20.6 Å². The van der Waals surface area contributed by atoms with Crippen molar-refractivity contribution in [2.45, 2.75) is 19.9 Å². The zero-order chi connectivity index (χ0) is 16.1. The summed E-state index contributed by atoms with van der Waals surface area (Å²) in [6.45, 7) is 2.59. The number of rotatable bonds is 6. The summed E-state index contributed by atoms with van der Waals surface area (Å²) in [5, 5.41) is 0. The van der Waals surface area contributed by atoms with Crippen molar-refractivity contribution in [3.8, 4) is 11.5 Å². The Morgan fingerprint density at radius 1 is 1.14 bits per heavy atom. The van der Waals surface area contributed by atoms with Crippen LogP contribution in [0, 0.1) is 6.92 Å². The minimum atomic E-state index is 0.108. The molecular weight excluding hydrogens is 298 g/mol. The van der Waals surface area contributed by atoms with Crippen LogP contribution in [0.4, 0.5) is 0 Å². The molecule has 0 saturated heterocycles. The average molecular weight is 319 g/mol. The zero-order valence-corrected chi connectivity index (χ0v) is 14.2. The number of carbonyl (C=O) groups is 1. The Hall–Kier alpha value is -2.01. The molecule has 2 aromatic rings. The van der Waals surface area contributed by atoms with E-state index < -0.39 is 0 Å². The van der Waals surface area contributed by atoms with E-state index in [-0.39, 0.29) is 5.91 Å². The van der Waals surface area contributed by atoms with Gasteiger partial charge >= 0.3 is 0 Å². The Labute approximate surface area is 135 Å². The van der Waals surface area contributed by atoms with Crippen LogP contribution in [-0.2, 0) is 17.8 Å². The highest BCUT2D eigenvalue weighted by molar-refractivity contribution is 7.12. The molecule has 4 nitrogen and oxygen atoms in total. The predicted molar refractivity (Wildman–Crippen MR) is 88.8 cm³/mol. The van der Waals surface area contributed by atoms with E-state index in [9.17, 15) is 4.79 Å². The quantitative estimate of drug-likeness (QED) is 0.820. The molecule has 118 valence electrons. The number of nitrogens with zero attached hydrogens (tertiary/aromatic N) is 1. The van der Waals surface area contributed by atoms with Gasteiger partial charge in [-0.2, -0.15) is 0 Å². The van der Waals surface area contributed by atoms with Crippen LogP contribution in [0.3, 0.4) is 0 Å². The fourth-order valence-electron chi connectivity index (χ4n) is 2.21. The van der Waals surface area contributed by atoms with E-state index >= 15 is 0 Å². The second-order valence-electron chi connectivity index (χ2n) is 5.13. The fraction of sp³-hybridized carbons (Fsp3) is 0.353. The minimum Gasteiger partial charge on any atom is -0.493 e. The molecule has 0 saturated carbocycles. The summed E-state index contributed by atoms with van der Waals surface area (Å²) in [4.78, 5) is 16.3. The second kappa shape index (κ2) is 7.31. The summed E-state index contributed by atoms with van der Waals surface area (Å²) < 4.78 is 10.5. The van der Waals surface area contributed by atoms with E-state index in [1.807, 2.05) is 44.3 Å². The first-order valence-corrected chi connectivity index (χ1v) is 7.85. The molecule has 5 heteroatoms. The molecule has 1 heterocycles. The highest BCUT2D eigenvalue weighted by atomic mass is 32.1. The van der Waals surface area contributed by atoms with Gasteiger partial charge in [0.25, 0.3) is 0 Å². The van der Waals surface area contributed by atoms with Gasteiger partial charge in [0, 0.05) is 23.3 Å². The standard InChI is InChI=1S/C17H21NO3S/c1-12-5-7-14(22-12)10-17(19)18(2)11-13-6-8-15(20-3)16(9-13)21-4/h5-9H,10-11H2,1-4H3. The number of amides is 1. The predicted octanol–water partition coefficient (Wildman–Crippen LogP) is 3.27. The first-order valence-electron chi connectivity index (χ1n) is 7.03. The monoisotopic (exact) mass is 319 g/mol. The minimum absolute atomic E-state index is 0.108. The number of ether oxygens (including phenoxy) is 2. The third-order valence-corrected chi connectivity index (χ3v) is 4.42. The third kappa shape index (κ3) is 4.01. The van der Waals surface area contributed by atoms with Crippen molar-refractivity contribution in [2.75, 3.05) is 21.3 Å². The van der Waals surface area contributed by atoms with E-state index in [1.54, 1.807) is 30.5 Å². The number of hydrogen-bond acceptors (Lipinski definition) is 4. The van der Waals surface area contributed by atoms with Gasteiger partial charge in [-0.05, 0) is 36.8 Å². The van der Waals surface area contributed by atoms with Gasteiger partial charge < -0.3 is 14.4 Å². The molecule has 0 aliphatic carbocycles. The molecule has 22 heavy (non-hydrogen) atoms. The summed E-state index contributed by atoms with van der Waals surface area (Å²) in [6, 6.07) is 9.76. The van der Waals surface area contributed by atoms with Crippen LogP contribution in [-0.4, -0.2) is 32.1 Å². The largest absolute Gasteiger partial charge is 0.493 e. The Bertz CT molecular complexity index is 651. The molecule has 0 atom stereocenters. The Morgan fingerprint density at radius 2 is 1.86 bits per heavy atom. The summed E-state index contributed by atoms with van der Waals surface area (Å²) in [6.07, 6.45) is 0.447. The maximum atomic E-state index is 12.3. The third-order valence-electron chi connectivity index (χ3n) is 3.41. The molecule has 0 bridgehead atoms. The van der Waals surface area contributed by atoms with Crippen molar-refractivity contribution in [1.29, 1.82) is 0 Å². The second-order valence-corrected chi connectivity index (χ2v) is 6.50. The van der Waals surface area contributed by atoms with Crippen LogP contribution in [0.25, 0.3) is 0 Å². The summed E-state index contributed by atoms with van der Waals surface area (Å²) in [5.41, 5.74) is 1.01. The summed E-state index contributed by atoms with van der Waals surface area (Å²) >= 11 is 1.67. The van der Waals surface area contributed by atoms with Crippen LogP contribution in [0.15, 0.2) is 30.3 Å². The Morgan fingerprint density at radius 3 is 2.45 bits per heavy atom. The van der Waals surface area contributed by atoms with Crippen molar-refractivity contribution in [3.63, 3.8) is 0 Å². The van der Waals surface area contributed by atoms with Gasteiger partial charge in [-0.25, -0.2) is 0 Å². The van der Waals surface area contributed by atoms with Crippen molar-refractivity contribution in [3.05, 3.63) is 45.6 Å². The van der Waals surface area contributed by atoms with Gasteiger partial charge in [-0.15, -0.1) is 11.3 Å². The van der Waals surface area contributed by atoms with Gasteiger partial charge in [0.1, 0.15) is 0 Å².